The van der Waals surface area contributed by atoms with Crippen LogP contribution in [0.1, 0.15) is 26.7 Å². The first-order valence-electron chi connectivity index (χ1n) is 5.00. The lowest BCUT2D eigenvalue weighted by Crippen LogP contribution is -2.33. The number of carbonyl (C=O) groups excluding carboxylic acids is 1. The molecule has 0 aliphatic heterocycles. The van der Waals surface area contributed by atoms with E-state index in [9.17, 15) is 4.79 Å². The van der Waals surface area contributed by atoms with E-state index in [0.717, 1.165) is 0 Å². The van der Waals surface area contributed by atoms with Crippen molar-refractivity contribution in [2.75, 3.05) is 19.6 Å². The van der Waals surface area contributed by atoms with Crippen molar-refractivity contribution in [1.29, 1.82) is 5.26 Å². The van der Waals surface area contributed by atoms with E-state index in [-0.39, 0.29) is 11.8 Å². The van der Waals surface area contributed by atoms with Gasteiger partial charge in [-0.2, -0.15) is 5.26 Å². The fraction of sp³-hybridized carbons (Fsp3) is 0.800. The summed E-state index contributed by atoms with van der Waals surface area (Å²) in [5.74, 6) is 0.319. The highest BCUT2D eigenvalue weighted by molar-refractivity contribution is 5.76. The third kappa shape index (κ3) is 4.83. The van der Waals surface area contributed by atoms with Crippen molar-refractivity contribution < 1.29 is 4.79 Å². The van der Waals surface area contributed by atoms with Crippen molar-refractivity contribution in [3.05, 3.63) is 0 Å². The summed E-state index contributed by atoms with van der Waals surface area (Å²) in [5, 5.41) is 8.41. The van der Waals surface area contributed by atoms with Crippen LogP contribution in [-0.2, 0) is 4.79 Å². The molecular weight excluding hydrogens is 178 g/mol. The van der Waals surface area contributed by atoms with E-state index < -0.39 is 0 Å². The van der Waals surface area contributed by atoms with Crippen molar-refractivity contribution >= 4 is 5.91 Å². The number of hydrogen-bond donors (Lipinski definition) is 1. The standard InChI is InChI=1S/C10H19N3O/c1-3-13(6-4-5-11)10(14)7-9(2)8-12/h9H,3-4,6-8,12H2,1-2H3. The molecule has 0 aliphatic rings. The maximum atomic E-state index is 11.6. The quantitative estimate of drug-likeness (QED) is 0.682. The number of carbonyl (C=O) groups is 1. The van der Waals surface area contributed by atoms with Gasteiger partial charge in [-0.05, 0) is 19.4 Å². The number of nitrogens with zero attached hydrogens (tertiary/aromatic N) is 2. The van der Waals surface area contributed by atoms with Crippen molar-refractivity contribution in [1.82, 2.24) is 4.90 Å². The summed E-state index contributed by atoms with van der Waals surface area (Å²) in [4.78, 5) is 13.3. The molecule has 0 saturated carbocycles. The predicted octanol–water partition coefficient (Wildman–Crippen LogP) is 0.733. The van der Waals surface area contributed by atoms with Crippen LogP contribution in [0.25, 0.3) is 0 Å². The Morgan fingerprint density at radius 2 is 2.29 bits per heavy atom. The molecule has 2 N–H and O–H groups in total. The van der Waals surface area contributed by atoms with E-state index in [1.165, 1.54) is 0 Å². The molecule has 0 radical (unpaired) electrons. The molecule has 0 aromatic carbocycles. The number of nitriles is 1. The SMILES string of the molecule is CCN(CCC#N)C(=O)CC(C)CN. The summed E-state index contributed by atoms with van der Waals surface area (Å²) in [6.07, 6.45) is 0.881. The second-order valence-corrected chi connectivity index (χ2v) is 3.43. The van der Waals surface area contributed by atoms with Crippen LogP contribution in [0.15, 0.2) is 0 Å². The zero-order chi connectivity index (χ0) is 11.0. The Bertz CT molecular complexity index is 210. The van der Waals surface area contributed by atoms with Crippen molar-refractivity contribution in [3.8, 4) is 6.07 Å². The molecule has 0 aromatic heterocycles. The molecular formula is C10H19N3O. The van der Waals surface area contributed by atoms with Crippen LogP contribution in [0.3, 0.4) is 0 Å². The van der Waals surface area contributed by atoms with E-state index >= 15 is 0 Å². The van der Waals surface area contributed by atoms with Gasteiger partial charge in [0.25, 0.3) is 0 Å². The van der Waals surface area contributed by atoms with E-state index in [4.69, 9.17) is 11.0 Å². The fourth-order valence-electron chi connectivity index (χ4n) is 1.15. The van der Waals surface area contributed by atoms with Crippen LogP contribution in [0.2, 0.25) is 0 Å². The largest absolute Gasteiger partial charge is 0.342 e. The lowest BCUT2D eigenvalue weighted by Gasteiger charge is -2.21. The van der Waals surface area contributed by atoms with Gasteiger partial charge in [-0.3, -0.25) is 4.79 Å². The summed E-state index contributed by atoms with van der Waals surface area (Å²) in [7, 11) is 0. The minimum absolute atomic E-state index is 0.0979. The summed E-state index contributed by atoms with van der Waals surface area (Å²) in [6, 6.07) is 2.04. The average Bonchev–Trinajstić information content (AvgIpc) is 2.18. The summed E-state index contributed by atoms with van der Waals surface area (Å²) in [6.45, 7) is 5.60. The van der Waals surface area contributed by atoms with Crippen LogP contribution in [0, 0.1) is 17.2 Å². The van der Waals surface area contributed by atoms with Gasteiger partial charge in [0.2, 0.25) is 5.91 Å². The first-order chi connectivity index (χ1) is 6.65. The normalized spacial score (nSPS) is 11.9. The highest BCUT2D eigenvalue weighted by Crippen LogP contribution is 2.04. The highest BCUT2D eigenvalue weighted by atomic mass is 16.2. The van der Waals surface area contributed by atoms with Crippen molar-refractivity contribution in [2.45, 2.75) is 26.7 Å². The van der Waals surface area contributed by atoms with Crippen LogP contribution in [0.5, 0.6) is 0 Å². The molecule has 1 unspecified atom stereocenters. The van der Waals surface area contributed by atoms with Gasteiger partial charge in [0, 0.05) is 19.5 Å². The summed E-state index contributed by atoms with van der Waals surface area (Å²) in [5.41, 5.74) is 5.44. The van der Waals surface area contributed by atoms with Gasteiger partial charge in [0.05, 0.1) is 12.5 Å². The minimum atomic E-state index is 0.0979. The van der Waals surface area contributed by atoms with Crippen molar-refractivity contribution in [2.24, 2.45) is 11.7 Å². The van der Waals surface area contributed by atoms with Gasteiger partial charge in [0.1, 0.15) is 0 Å². The molecule has 1 atom stereocenters. The Hall–Kier alpha value is -1.08. The van der Waals surface area contributed by atoms with Crippen LogP contribution < -0.4 is 5.73 Å². The van der Waals surface area contributed by atoms with E-state index in [1.807, 2.05) is 19.9 Å². The third-order valence-corrected chi connectivity index (χ3v) is 2.15. The first kappa shape index (κ1) is 12.9. The van der Waals surface area contributed by atoms with E-state index in [1.54, 1.807) is 4.90 Å². The molecule has 0 heterocycles. The Balaban J connectivity index is 3.98. The molecule has 0 aromatic rings. The molecule has 0 bridgehead atoms. The van der Waals surface area contributed by atoms with Crippen LogP contribution in [0.4, 0.5) is 0 Å². The smallest absolute Gasteiger partial charge is 0.222 e. The molecule has 14 heavy (non-hydrogen) atoms. The average molecular weight is 197 g/mol. The Kier molecular flexibility index (Phi) is 6.77. The van der Waals surface area contributed by atoms with Crippen molar-refractivity contribution in [3.63, 3.8) is 0 Å². The minimum Gasteiger partial charge on any atom is -0.342 e. The van der Waals surface area contributed by atoms with Gasteiger partial charge in [-0.1, -0.05) is 6.92 Å². The maximum absolute atomic E-state index is 11.6. The zero-order valence-electron chi connectivity index (χ0n) is 8.99. The molecule has 0 fully saturated rings. The second-order valence-electron chi connectivity index (χ2n) is 3.43. The molecule has 0 aliphatic carbocycles. The lowest BCUT2D eigenvalue weighted by molar-refractivity contribution is -0.131. The summed E-state index contributed by atoms with van der Waals surface area (Å²) < 4.78 is 0. The van der Waals surface area contributed by atoms with Crippen LogP contribution in [-0.4, -0.2) is 30.4 Å². The number of rotatable bonds is 6. The molecule has 80 valence electrons. The van der Waals surface area contributed by atoms with E-state index in [0.29, 0.717) is 32.5 Å². The first-order valence-corrected chi connectivity index (χ1v) is 5.00. The molecule has 0 saturated heterocycles. The van der Waals surface area contributed by atoms with Gasteiger partial charge in [0.15, 0.2) is 0 Å². The fourth-order valence-corrected chi connectivity index (χ4v) is 1.15. The molecule has 0 spiro atoms. The Labute approximate surface area is 85.7 Å². The van der Waals surface area contributed by atoms with Gasteiger partial charge in [-0.15, -0.1) is 0 Å². The van der Waals surface area contributed by atoms with Gasteiger partial charge >= 0.3 is 0 Å². The summed E-state index contributed by atoms with van der Waals surface area (Å²) >= 11 is 0. The highest BCUT2D eigenvalue weighted by Gasteiger charge is 2.13. The van der Waals surface area contributed by atoms with Gasteiger partial charge in [-0.25, -0.2) is 0 Å². The number of amides is 1. The number of hydrogen-bond acceptors (Lipinski definition) is 3. The van der Waals surface area contributed by atoms with Gasteiger partial charge < -0.3 is 10.6 Å². The van der Waals surface area contributed by atoms with E-state index in [2.05, 4.69) is 0 Å². The predicted molar refractivity (Wildman–Crippen MR) is 55.3 cm³/mol. The zero-order valence-corrected chi connectivity index (χ0v) is 8.99. The Morgan fingerprint density at radius 1 is 1.64 bits per heavy atom. The molecule has 4 heteroatoms. The molecule has 0 rings (SSSR count). The monoisotopic (exact) mass is 197 g/mol. The number of nitrogens with two attached hydrogens (primary N) is 1. The molecule has 4 nitrogen and oxygen atoms in total. The third-order valence-electron chi connectivity index (χ3n) is 2.15. The lowest BCUT2D eigenvalue weighted by atomic mass is 10.1. The topological polar surface area (TPSA) is 70.1 Å². The Morgan fingerprint density at radius 3 is 2.71 bits per heavy atom. The second kappa shape index (κ2) is 7.34. The van der Waals surface area contributed by atoms with Crippen LogP contribution >= 0.6 is 0 Å². The maximum Gasteiger partial charge on any atom is 0.222 e. The molecule has 1 amide bonds.